The second kappa shape index (κ2) is 4.21. The topological polar surface area (TPSA) is 39.2 Å². The first-order chi connectivity index (χ1) is 5.79. The minimum Gasteiger partial charge on any atom is -0.468 e. The van der Waals surface area contributed by atoms with E-state index in [1.807, 2.05) is 12.3 Å². The molecule has 1 aromatic rings. The molecule has 0 aliphatic heterocycles. The van der Waals surface area contributed by atoms with Crippen molar-refractivity contribution in [2.75, 3.05) is 7.11 Å². The lowest BCUT2D eigenvalue weighted by atomic mass is 10.1. The van der Waals surface area contributed by atoms with Crippen molar-refractivity contribution in [1.82, 2.24) is 4.98 Å². The van der Waals surface area contributed by atoms with E-state index in [4.69, 9.17) is 0 Å². The van der Waals surface area contributed by atoms with Gasteiger partial charge in [0.15, 0.2) is 0 Å². The fourth-order valence-corrected chi connectivity index (χ4v) is 1.80. The fraction of sp³-hybridized carbons (Fsp3) is 0.500. The highest BCUT2D eigenvalue weighted by atomic mass is 32.1. The molecule has 0 saturated heterocycles. The molecule has 0 amide bonds. The highest BCUT2D eigenvalue weighted by molar-refractivity contribution is 7.09. The Labute approximate surface area is 75.4 Å². The van der Waals surface area contributed by atoms with Gasteiger partial charge in [0.2, 0.25) is 0 Å². The lowest BCUT2D eigenvalue weighted by Gasteiger charge is -2.07. The van der Waals surface area contributed by atoms with Gasteiger partial charge in [0.25, 0.3) is 0 Å². The molecular formula is C8H11NO2S. The van der Waals surface area contributed by atoms with Crippen molar-refractivity contribution >= 4 is 17.3 Å². The Bertz CT molecular complexity index is 246. The minimum atomic E-state index is -0.201. The second-order valence-electron chi connectivity index (χ2n) is 2.35. The van der Waals surface area contributed by atoms with Crippen LogP contribution in [-0.2, 0) is 9.53 Å². The first kappa shape index (κ1) is 9.19. The summed E-state index contributed by atoms with van der Waals surface area (Å²) in [6.45, 7) is 1.95. The Morgan fingerprint density at radius 1 is 1.83 bits per heavy atom. The van der Waals surface area contributed by atoms with Gasteiger partial charge < -0.3 is 4.74 Å². The molecule has 0 aliphatic rings. The van der Waals surface area contributed by atoms with Crippen molar-refractivity contribution in [2.45, 2.75) is 19.3 Å². The maximum atomic E-state index is 11.2. The molecule has 0 saturated carbocycles. The van der Waals surface area contributed by atoms with Crippen molar-refractivity contribution in [3.05, 3.63) is 16.6 Å². The predicted molar refractivity (Wildman–Crippen MR) is 47.2 cm³/mol. The zero-order valence-corrected chi connectivity index (χ0v) is 7.93. The molecule has 0 bridgehead atoms. The number of methoxy groups -OCH3 is 1. The highest BCUT2D eigenvalue weighted by Crippen LogP contribution is 2.22. The standard InChI is InChI=1S/C8H11NO2S/c1-3-6(8(10)11-2)7-9-4-5-12-7/h4-6H,3H2,1-2H3. The number of esters is 1. The van der Waals surface area contributed by atoms with E-state index in [-0.39, 0.29) is 11.9 Å². The van der Waals surface area contributed by atoms with Crippen LogP contribution in [0.15, 0.2) is 11.6 Å². The molecule has 1 heterocycles. The van der Waals surface area contributed by atoms with E-state index >= 15 is 0 Å². The van der Waals surface area contributed by atoms with E-state index < -0.39 is 0 Å². The van der Waals surface area contributed by atoms with Crippen LogP contribution in [0.2, 0.25) is 0 Å². The summed E-state index contributed by atoms with van der Waals surface area (Å²) in [6, 6.07) is 0. The first-order valence-corrected chi connectivity index (χ1v) is 4.64. The largest absolute Gasteiger partial charge is 0.468 e. The molecule has 12 heavy (non-hydrogen) atoms. The van der Waals surface area contributed by atoms with Crippen LogP contribution in [-0.4, -0.2) is 18.1 Å². The highest BCUT2D eigenvalue weighted by Gasteiger charge is 2.21. The summed E-state index contributed by atoms with van der Waals surface area (Å²) in [5.74, 6) is -0.387. The predicted octanol–water partition coefficient (Wildman–Crippen LogP) is 1.81. The molecule has 66 valence electrons. The van der Waals surface area contributed by atoms with Gasteiger partial charge >= 0.3 is 5.97 Å². The van der Waals surface area contributed by atoms with E-state index in [0.717, 1.165) is 11.4 Å². The Morgan fingerprint density at radius 2 is 2.58 bits per heavy atom. The lowest BCUT2D eigenvalue weighted by Crippen LogP contribution is -2.12. The van der Waals surface area contributed by atoms with Gasteiger partial charge in [0, 0.05) is 11.6 Å². The van der Waals surface area contributed by atoms with Gasteiger partial charge in [-0.25, -0.2) is 4.98 Å². The molecule has 1 unspecified atom stereocenters. The van der Waals surface area contributed by atoms with Gasteiger partial charge in [-0.05, 0) is 6.42 Å². The Kier molecular flexibility index (Phi) is 3.22. The summed E-state index contributed by atoms with van der Waals surface area (Å²) in [7, 11) is 1.40. The molecule has 0 aliphatic carbocycles. The zero-order chi connectivity index (χ0) is 8.97. The van der Waals surface area contributed by atoms with Gasteiger partial charge in [-0.15, -0.1) is 11.3 Å². The molecular weight excluding hydrogens is 174 g/mol. The van der Waals surface area contributed by atoms with Crippen LogP contribution in [0.25, 0.3) is 0 Å². The third-order valence-electron chi connectivity index (χ3n) is 1.64. The molecule has 1 atom stereocenters. The van der Waals surface area contributed by atoms with E-state index in [1.165, 1.54) is 18.4 Å². The zero-order valence-electron chi connectivity index (χ0n) is 7.11. The number of aromatic nitrogens is 1. The molecule has 4 heteroatoms. The van der Waals surface area contributed by atoms with Crippen molar-refractivity contribution in [3.8, 4) is 0 Å². The average Bonchev–Trinajstić information content (AvgIpc) is 2.58. The third kappa shape index (κ3) is 1.82. The van der Waals surface area contributed by atoms with Crippen LogP contribution in [0.5, 0.6) is 0 Å². The van der Waals surface area contributed by atoms with Gasteiger partial charge in [-0.3, -0.25) is 4.79 Å². The fourth-order valence-electron chi connectivity index (χ4n) is 0.991. The Morgan fingerprint density at radius 3 is 3.00 bits per heavy atom. The number of rotatable bonds is 3. The monoisotopic (exact) mass is 185 g/mol. The summed E-state index contributed by atoms with van der Waals surface area (Å²) in [4.78, 5) is 15.3. The van der Waals surface area contributed by atoms with Crippen LogP contribution >= 0.6 is 11.3 Å². The third-order valence-corrected chi connectivity index (χ3v) is 2.53. The van der Waals surface area contributed by atoms with Gasteiger partial charge in [-0.1, -0.05) is 6.92 Å². The molecule has 0 spiro atoms. The second-order valence-corrected chi connectivity index (χ2v) is 3.28. The van der Waals surface area contributed by atoms with Crippen molar-refractivity contribution < 1.29 is 9.53 Å². The summed E-state index contributed by atoms with van der Waals surface area (Å²) in [6.07, 6.45) is 2.44. The summed E-state index contributed by atoms with van der Waals surface area (Å²) >= 11 is 1.49. The molecule has 0 fully saturated rings. The van der Waals surface area contributed by atoms with Crippen molar-refractivity contribution in [2.24, 2.45) is 0 Å². The Hall–Kier alpha value is -0.900. The maximum absolute atomic E-state index is 11.2. The van der Waals surface area contributed by atoms with Gasteiger partial charge in [0.05, 0.1) is 7.11 Å². The smallest absolute Gasteiger partial charge is 0.315 e. The Balaban J connectivity index is 2.76. The van der Waals surface area contributed by atoms with Crippen LogP contribution < -0.4 is 0 Å². The number of carbonyl (C=O) groups is 1. The molecule has 3 nitrogen and oxygen atoms in total. The first-order valence-electron chi connectivity index (χ1n) is 3.76. The van der Waals surface area contributed by atoms with E-state index in [0.29, 0.717) is 0 Å². The number of ether oxygens (including phenoxy) is 1. The molecule has 1 rings (SSSR count). The lowest BCUT2D eigenvalue weighted by molar-refractivity contribution is -0.142. The summed E-state index contributed by atoms with van der Waals surface area (Å²) in [5, 5.41) is 2.70. The number of nitrogens with zero attached hydrogens (tertiary/aromatic N) is 1. The maximum Gasteiger partial charge on any atom is 0.315 e. The van der Waals surface area contributed by atoms with E-state index in [2.05, 4.69) is 9.72 Å². The summed E-state index contributed by atoms with van der Waals surface area (Å²) in [5.41, 5.74) is 0. The molecule has 1 aromatic heterocycles. The van der Waals surface area contributed by atoms with Crippen LogP contribution in [0.4, 0.5) is 0 Å². The number of hydrogen-bond donors (Lipinski definition) is 0. The van der Waals surface area contributed by atoms with Crippen molar-refractivity contribution in [1.29, 1.82) is 0 Å². The van der Waals surface area contributed by atoms with Crippen molar-refractivity contribution in [3.63, 3.8) is 0 Å². The van der Waals surface area contributed by atoms with Crippen LogP contribution in [0.1, 0.15) is 24.3 Å². The normalized spacial score (nSPS) is 12.5. The molecule has 0 N–H and O–H groups in total. The minimum absolute atomic E-state index is 0.185. The van der Waals surface area contributed by atoms with Crippen LogP contribution in [0.3, 0.4) is 0 Å². The average molecular weight is 185 g/mol. The van der Waals surface area contributed by atoms with Gasteiger partial charge in [0.1, 0.15) is 10.9 Å². The summed E-state index contributed by atoms with van der Waals surface area (Å²) < 4.78 is 4.65. The van der Waals surface area contributed by atoms with Crippen LogP contribution in [0, 0.1) is 0 Å². The van der Waals surface area contributed by atoms with E-state index in [1.54, 1.807) is 6.20 Å². The number of carbonyl (C=O) groups excluding carboxylic acids is 1. The quantitative estimate of drug-likeness (QED) is 0.674. The van der Waals surface area contributed by atoms with E-state index in [9.17, 15) is 4.79 Å². The number of hydrogen-bond acceptors (Lipinski definition) is 4. The molecule has 0 aromatic carbocycles. The van der Waals surface area contributed by atoms with Gasteiger partial charge in [-0.2, -0.15) is 0 Å². The molecule has 0 radical (unpaired) electrons. The SMILES string of the molecule is CCC(C(=O)OC)c1nccs1. The number of thiazole rings is 1.